The van der Waals surface area contributed by atoms with Gasteiger partial charge in [0.2, 0.25) is 5.95 Å². The molecular weight excluding hydrogens is 362 g/mol. The molecule has 3 aromatic rings. The molecule has 0 radical (unpaired) electrons. The van der Waals surface area contributed by atoms with Gasteiger partial charge in [0.1, 0.15) is 5.82 Å². The van der Waals surface area contributed by atoms with Crippen molar-refractivity contribution in [2.24, 2.45) is 0 Å². The van der Waals surface area contributed by atoms with Gasteiger partial charge in [-0.1, -0.05) is 0 Å². The van der Waals surface area contributed by atoms with E-state index in [9.17, 15) is 4.79 Å². The van der Waals surface area contributed by atoms with Crippen molar-refractivity contribution in [2.45, 2.75) is 0 Å². The van der Waals surface area contributed by atoms with Crippen molar-refractivity contribution >= 4 is 28.6 Å². The van der Waals surface area contributed by atoms with Gasteiger partial charge in [-0.15, -0.1) is 0 Å². The lowest BCUT2D eigenvalue weighted by molar-refractivity contribution is 0.0714. The molecule has 3 heterocycles. The van der Waals surface area contributed by atoms with Gasteiger partial charge in [-0.05, 0) is 18.2 Å². The van der Waals surface area contributed by atoms with Crippen LogP contribution in [0.4, 0.5) is 11.8 Å². The molecule has 28 heavy (non-hydrogen) atoms. The summed E-state index contributed by atoms with van der Waals surface area (Å²) in [5, 5.41) is 0.507. The van der Waals surface area contributed by atoms with Crippen LogP contribution >= 0.6 is 0 Å². The lowest BCUT2D eigenvalue weighted by atomic mass is 10.2. The van der Waals surface area contributed by atoms with Crippen LogP contribution in [0.2, 0.25) is 2.82 Å². The average molecular weight is 385 g/mol. The van der Waals surface area contributed by atoms with Crippen molar-refractivity contribution in [2.75, 3.05) is 51.0 Å². The van der Waals surface area contributed by atoms with Gasteiger partial charge in [0.25, 0.3) is 5.91 Å². The number of rotatable bonds is 5. The van der Waals surface area contributed by atoms with E-state index in [4.69, 9.17) is 16.7 Å². The highest BCUT2D eigenvalue weighted by atomic mass is 16.5. The van der Waals surface area contributed by atoms with Crippen LogP contribution in [0, 0.1) is 0 Å². The number of anilines is 2. The molecular formula is C19H21N5O4. The fourth-order valence-electron chi connectivity index (χ4n) is 3.23. The maximum Gasteiger partial charge on any atom is 0.289 e. The van der Waals surface area contributed by atoms with E-state index in [1.807, 2.05) is 4.90 Å². The third-order valence-corrected chi connectivity index (χ3v) is 4.75. The summed E-state index contributed by atoms with van der Waals surface area (Å²) in [6.45, 7) is 1.99. The predicted molar refractivity (Wildman–Crippen MR) is 104 cm³/mol. The largest absolute Gasteiger partial charge is 0.493 e. The third kappa shape index (κ3) is 3.15. The van der Waals surface area contributed by atoms with Gasteiger partial charge < -0.3 is 29.4 Å². The molecule has 0 saturated carbocycles. The highest BCUT2D eigenvalue weighted by molar-refractivity contribution is 5.92. The number of nitrogens with two attached hydrogens (primary N) is 1. The first-order valence-corrected chi connectivity index (χ1v) is 8.81. The summed E-state index contributed by atoms with van der Waals surface area (Å²) in [5.74, 6) is 1.64. The van der Waals surface area contributed by atoms with Crippen LogP contribution in [0.5, 0.6) is 11.5 Å². The van der Waals surface area contributed by atoms with E-state index in [-0.39, 0.29) is 11.7 Å². The first kappa shape index (κ1) is 15.6. The minimum absolute atomic E-state index is 0.130. The Hall–Kier alpha value is -3.49. The molecule has 1 saturated heterocycles. The number of hydrogen-bond donors (Lipinski definition) is 1. The number of methoxy groups -OCH3 is 2. The summed E-state index contributed by atoms with van der Waals surface area (Å²) in [4.78, 5) is 25.1. The van der Waals surface area contributed by atoms with E-state index >= 15 is 0 Å². The maximum atomic E-state index is 12.5. The van der Waals surface area contributed by atoms with Gasteiger partial charge >= 0.3 is 0 Å². The Bertz CT molecular complexity index is 1050. The second-order valence-corrected chi connectivity index (χ2v) is 6.33. The molecule has 0 aliphatic carbocycles. The molecule has 1 aliphatic rings. The maximum absolute atomic E-state index is 12.5. The van der Waals surface area contributed by atoms with Gasteiger partial charge in [-0.25, -0.2) is 4.98 Å². The Labute approximate surface area is 164 Å². The summed E-state index contributed by atoms with van der Waals surface area (Å²) >= 11 is 0. The number of carbonyl (C=O) groups is 1. The summed E-state index contributed by atoms with van der Waals surface area (Å²) in [6.07, 6.45) is 1.48. The smallest absolute Gasteiger partial charge is 0.289 e. The zero-order chi connectivity index (χ0) is 21.3. The van der Waals surface area contributed by atoms with Gasteiger partial charge in [0, 0.05) is 37.6 Å². The minimum Gasteiger partial charge on any atom is -0.493 e. The van der Waals surface area contributed by atoms with Crippen LogP contribution in [-0.4, -0.2) is 61.2 Å². The van der Waals surface area contributed by atoms with Crippen LogP contribution < -0.4 is 20.1 Å². The van der Waals surface area contributed by atoms with E-state index in [2.05, 4.69) is 9.97 Å². The van der Waals surface area contributed by atoms with E-state index in [1.165, 1.54) is 20.5 Å². The molecule has 9 heteroatoms. The highest BCUT2D eigenvalue weighted by Crippen LogP contribution is 2.34. The summed E-state index contributed by atoms with van der Waals surface area (Å²) in [6, 6.07) is 6.68. The molecule has 0 spiro atoms. The fraction of sp³-hybridized carbons (Fsp3) is 0.316. The number of nitrogen functional groups attached to an aromatic ring is 1. The van der Waals surface area contributed by atoms with Gasteiger partial charge in [-0.2, -0.15) is 4.98 Å². The highest BCUT2D eigenvalue weighted by Gasteiger charge is 2.25. The van der Waals surface area contributed by atoms with Crippen molar-refractivity contribution in [1.82, 2.24) is 14.9 Å². The number of aromatic nitrogens is 2. The van der Waals surface area contributed by atoms with Crippen LogP contribution in [0.1, 0.15) is 10.6 Å². The molecule has 0 unspecified atom stereocenters. The third-order valence-electron chi connectivity index (χ3n) is 4.75. The molecule has 0 bridgehead atoms. The number of carbonyl (C=O) groups excluding carboxylic acids is 1. The zero-order valence-electron chi connectivity index (χ0n) is 17.6. The Kier molecular flexibility index (Phi) is 4.03. The van der Waals surface area contributed by atoms with E-state index in [0.29, 0.717) is 66.0 Å². The Morgan fingerprint density at radius 3 is 2.57 bits per heavy atom. The first-order valence-electron chi connectivity index (χ1n) is 9.70. The van der Waals surface area contributed by atoms with Gasteiger partial charge in [0.05, 0.1) is 26.0 Å². The molecule has 1 aliphatic heterocycles. The topological polar surface area (TPSA) is 107 Å². The first-order chi connectivity index (χ1) is 14.5. The molecule has 4 rings (SSSR count). The van der Waals surface area contributed by atoms with E-state index < -0.39 is 0 Å². The van der Waals surface area contributed by atoms with Crippen molar-refractivity contribution in [3.8, 4) is 11.5 Å². The molecule has 1 fully saturated rings. The number of fused-ring (bicyclic) bond motifs is 1. The summed E-state index contributed by atoms with van der Waals surface area (Å²) < 4.78 is 31.4. The average Bonchev–Trinajstić information content (AvgIpc) is 3.31. The Balaban J connectivity index is 1.62. The number of amides is 1. The molecule has 146 valence electrons. The number of furan rings is 1. The number of piperazine rings is 1. The predicted octanol–water partition coefficient (Wildman–Crippen LogP) is 1.78. The lowest BCUT2D eigenvalue weighted by Gasteiger charge is -2.34. The number of ether oxygens (including phenoxy) is 2. The van der Waals surface area contributed by atoms with Crippen molar-refractivity contribution in [3.05, 3.63) is 36.3 Å². The van der Waals surface area contributed by atoms with E-state index in [0.717, 1.165) is 0 Å². The second-order valence-electron chi connectivity index (χ2n) is 6.33. The van der Waals surface area contributed by atoms with E-state index in [1.54, 1.807) is 29.2 Å². The SMILES string of the molecule is [2H]N([2H])c1nc(N2CCN(C(=O)c3ccco3)CC2)nc2cc(OC)c(OC)cc12. The normalized spacial score (nSPS) is 15.2. The summed E-state index contributed by atoms with van der Waals surface area (Å²) in [7, 11) is 3.05. The molecule has 0 atom stereocenters. The Morgan fingerprint density at radius 2 is 1.93 bits per heavy atom. The number of nitrogens with zero attached hydrogens (tertiary/aromatic N) is 4. The molecule has 2 N–H and O–H groups in total. The van der Waals surface area contributed by atoms with Crippen LogP contribution in [-0.2, 0) is 0 Å². The Morgan fingerprint density at radius 1 is 1.18 bits per heavy atom. The van der Waals surface area contributed by atoms with Gasteiger partial charge in [-0.3, -0.25) is 4.79 Å². The quantitative estimate of drug-likeness (QED) is 0.708. The van der Waals surface area contributed by atoms with Crippen molar-refractivity contribution in [3.63, 3.8) is 0 Å². The number of benzene rings is 1. The minimum atomic E-state index is -0.153. The standard InChI is InChI=1S/C19H21N5O4/c1-26-15-10-12-13(11-16(15)27-2)21-19(22-17(12)20)24-7-5-23(6-8-24)18(25)14-4-3-9-28-14/h3-4,9-11H,5-8H2,1-2H3,(H2,20,21,22)/i/hD2. The lowest BCUT2D eigenvalue weighted by Crippen LogP contribution is -2.49. The summed E-state index contributed by atoms with van der Waals surface area (Å²) in [5.41, 5.74) is 0.988. The van der Waals surface area contributed by atoms with Crippen LogP contribution in [0.25, 0.3) is 10.9 Å². The van der Waals surface area contributed by atoms with Crippen LogP contribution in [0.15, 0.2) is 34.9 Å². The van der Waals surface area contributed by atoms with Gasteiger partial charge in [0.15, 0.2) is 20.1 Å². The molecule has 2 aromatic heterocycles. The van der Waals surface area contributed by atoms with Crippen LogP contribution in [0.3, 0.4) is 0 Å². The molecule has 1 amide bonds. The number of hydrogen-bond acceptors (Lipinski definition) is 8. The monoisotopic (exact) mass is 385 g/mol. The molecule has 1 aromatic carbocycles. The van der Waals surface area contributed by atoms with Crippen molar-refractivity contribution < 1.29 is 21.5 Å². The zero-order valence-corrected chi connectivity index (χ0v) is 15.6. The van der Waals surface area contributed by atoms with Crippen molar-refractivity contribution in [1.29, 1.82) is 0 Å². The molecule has 9 nitrogen and oxygen atoms in total. The fourth-order valence-corrected chi connectivity index (χ4v) is 3.23. The second kappa shape index (κ2) is 7.26.